The number of benzene rings is 2. The summed E-state index contributed by atoms with van der Waals surface area (Å²) < 4.78 is 1.15. The van der Waals surface area contributed by atoms with Gasteiger partial charge in [0, 0.05) is 10.5 Å². The maximum atomic E-state index is 3.54. The number of likely N-dealkylation sites (N-methyl/N-ethyl adjacent to an activating group) is 1. The van der Waals surface area contributed by atoms with Crippen LogP contribution >= 0.6 is 15.9 Å². The van der Waals surface area contributed by atoms with Gasteiger partial charge in [-0.15, -0.1) is 0 Å². The molecule has 0 aliphatic rings. The monoisotopic (exact) mass is 331 g/mol. The molecule has 2 aromatic rings. The van der Waals surface area contributed by atoms with Crippen LogP contribution in [0.1, 0.15) is 22.3 Å². The Morgan fingerprint density at radius 3 is 2.25 bits per heavy atom. The lowest BCUT2D eigenvalue weighted by Crippen LogP contribution is -2.30. The Morgan fingerprint density at radius 2 is 1.65 bits per heavy atom. The molecule has 1 atom stereocenters. The zero-order chi connectivity index (χ0) is 14.5. The highest BCUT2D eigenvalue weighted by molar-refractivity contribution is 9.10. The van der Waals surface area contributed by atoms with Crippen molar-refractivity contribution in [2.24, 2.45) is 0 Å². The summed E-state index contributed by atoms with van der Waals surface area (Å²) in [5.74, 6) is 0. The molecule has 0 aliphatic carbocycles. The standard InChI is InChI=1S/C18H22BrN/c1-13-6-4-7-14(2)18(13)12-17(20-3)11-15-8-5-9-16(19)10-15/h4-10,17,20H,11-12H2,1-3H3. The fourth-order valence-corrected chi connectivity index (χ4v) is 3.09. The molecule has 0 spiro atoms. The second-order valence-corrected chi connectivity index (χ2v) is 6.31. The molecular formula is C18H22BrN. The molecule has 0 saturated carbocycles. The Morgan fingerprint density at radius 1 is 1.00 bits per heavy atom. The summed E-state index contributed by atoms with van der Waals surface area (Å²) in [5.41, 5.74) is 5.62. The van der Waals surface area contributed by atoms with Gasteiger partial charge in [0.05, 0.1) is 0 Å². The number of hydrogen-bond donors (Lipinski definition) is 1. The lowest BCUT2D eigenvalue weighted by atomic mass is 9.93. The molecule has 2 aromatic carbocycles. The number of halogens is 1. The fraction of sp³-hybridized carbons (Fsp3) is 0.333. The summed E-state index contributed by atoms with van der Waals surface area (Å²) in [4.78, 5) is 0. The molecule has 0 fully saturated rings. The second-order valence-electron chi connectivity index (χ2n) is 5.39. The van der Waals surface area contributed by atoms with Crippen molar-refractivity contribution in [2.45, 2.75) is 32.7 Å². The van der Waals surface area contributed by atoms with Crippen molar-refractivity contribution in [1.29, 1.82) is 0 Å². The number of hydrogen-bond acceptors (Lipinski definition) is 1. The van der Waals surface area contributed by atoms with Crippen molar-refractivity contribution in [3.05, 3.63) is 69.2 Å². The van der Waals surface area contributed by atoms with Crippen LogP contribution in [0.5, 0.6) is 0 Å². The third-order valence-corrected chi connectivity index (χ3v) is 4.37. The van der Waals surface area contributed by atoms with Crippen molar-refractivity contribution in [3.8, 4) is 0 Å². The summed E-state index contributed by atoms with van der Waals surface area (Å²) in [5, 5.41) is 3.46. The quantitative estimate of drug-likeness (QED) is 0.854. The van der Waals surface area contributed by atoms with Gasteiger partial charge < -0.3 is 5.32 Å². The molecule has 20 heavy (non-hydrogen) atoms. The predicted molar refractivity (Wildman–Crippen MR) is 90.3 cm³/mol. The lowest BCUT2D eigenvalue weighted by molar-refractivity contribution is 0.554. The SMILES string of the molecule is CNC(Cc1cccc(Br)c1)Cc1c(C)cccc1C. The molecule has 2 rings (SSSR count). The van der Waals surface area contributed by atoms with E-state index >= 15 is 0 Å². The van der Waals surface area contributed by atoms with Gasteiger partial charge in [-0.1, -0.05) is 46.3 Å². The van der Waals surface area contributed by atoms with E-state index < -0.39 is 0 Å². The molecule has 0 amide bonds. The van der Waals surface area contributed by atoms with Crippen molar-refractivity contribution < 1.29 is 0 Å². The van der Waals surface area contributed by atoms with Crippen LogP contribution in [-0.4, -0.2) is 13.1 Å². The molecule has 0 saturated heterocycles. The zero-order valence-corrected chi connectivity index (χ0v) is 14.0. The molecule has 0 heterocycles. The summed E-state index contributed by atoms with van der Waals surface area (Å²) in [6, 6.07) is 15.6. The highest BCUT2D eigenvalue weighted by Crippen LogP contribution is 2.18. The van der Waals surface area contributed by atoms with Crippen LogP contribution in [0.2, 0.25) is 0 Å². The van der Waals surface area contributed by atoms with Crippen LogP contribution in [0, 0.1) is 13.8 Å². The van der Waals surface area contributed by atoms with E-state index in [-0.39, 0.29) is 0 Å². The van der Waals surface area contributed by atoms with Crippen molar-refractivity contribution in [3.63, 3.8) is 0 Å². The summed E-state index contributed by atoms with van der Waals surface area (Å²) in [7, 11) is 2.05. The van der Waals surface area contributed by atoms with Crippen LogP contribution in [0.25, 0.3) is 0 Å². The second kappa shape index (κ2) is 7.05. The third kappa shape index (κ3) is 3.94. The first-order chi connectivity index (χ1) is 9.60. The minimum absolute atomic E-state index is 0.462. The molecule has 1 nitrogen and oxygen atoms in total. The number of aryl methyl sites for hydroxylation is 2. The van der Waals surface area contributed by atoms with Crippen LogP contribution < -0.4 is 5.32 Å². The Hall–Kier alpha value is -1.12. The maximum absolute atomic E-state index is 3.54. The van der Waals surface area contributed by atoms with E-state index in [9.17, 15) is 0 Å². The van der Waals surface area contributed by atoms with E-state index in [4.69, 9.17) is 0 Å². The molecule has 0 radical (unpaired) electrons. The van der Waals surface area contributed by atoms with E-state index in [1.54, 1.807) is 0 Å². The van der Waals surface area contributed by atoms with Gasteiger partial charge in [-0.3, -0.25) is 0 Å². The Bertz CT molecular complexity index is 557. The van der Waals surface area contributed by atoms with Gasteiger partial charge >= 0.3 is 0 Å². The van der Waals surface area contributed by atoms with Gasteiger partial charge in [0.1, 0.15) is 0 Å². The van der Waals surface area contributed by atoms with Gasteiger partial charge in [-0.2, -0.15) is 0 Å². The van der Waals surface area contributed by atoms with Crippen molar-refractivity contribution in [2.75, 3.05) is 7.05 Å². The van der Waals surface area contributed by atoms with Gasteiger partial charge in [-0.25, -0.2) is 0 Å². The first kappa shape index (κ1) is 15.3. The molecular weight excluding hydrogens is 310 g/mol. The van der Waals surface area contributed by atoms with E-state index in [1.807, 2.05) is 0 Å². The minimum Gasteiger partial charge on any atom is -0.316 e. The van der Waals surface area contributed by atoms with E-state index in [1.165, 1.54) is 22.3 Å². The summed E-state index contributed by atoms with van der Waals surface area (Å²) in [6.45, 7) is 4.41. The smallest absolute Gasteiger partial charge is 0.0178 e. The molecule has 0 bridgehead atoms. The molecule has 1 N–H and O–H groups in total. The normalized spacial score (nSPS) is 12.4. The topological polar surface area (TPSA) is 12.0 Å². The average Bonchev–Trinajstić information content (AvgIpc) is 2.42. The van der Waals surface area contributed by atoms with Gasteiger partial charge in [0.2, 0.25) is 0 Å². The zero-order valence-electron chi connectivity index (χ0n) is 12.4. The fourth-order valence-electron chi connectivity index (χ4n) is 2.64. The van der Waals surface area contributed by atoms with Crippen LogP contribution in [-0.2, 0) is 12.8 Å². The Labute approximate surface area is 130 Å². The molecule has 0 aliphatic heterocycles. The Balaban J connectivity index is 2.13. The maximum Gasteiger partial charge on any atom is 0.0178 e. The first-order valence-electron chi connectivity index (χ1n) is 7.07. The summed E-state index contributed by atoms with van der Waals surface area (Å²) in [6.07, 6.45) is 2.12. The van der Waals surface area contributed by atoms with Gasteiger partial charge in [-0.05, 0) is 68.1 Å². The van der Waals surface area contributed by atoms with Crippen molar-refractivity contribution >= 4 is 15.9 Å². The minimum atomic E-state index is 0.462. The van der Waals surface area contributed by atoms with Gasteiger partial charge in [0.25, 0.3) is 0 Å². The van der Waals surface area contributed by atoms with E-state index in [0.29, 0.717) is 6.04 Å². The van der Waals surface area contributed by atoms with Crippen LogP contribution in [0.15, 0.2) is 46.9 Å². The molecule has 0 aromatic heterocycles. The number of rotatable bonds is 5. The lowest BCUT2D eigenvalue weighted by Gasteiger charge is -2.19. The Kier molecular flexibility index (Phi) is 5.38. The summed E-state index contributed by atoms with van der Waals surface area (Å²) >= 11 is 3.54. The molecule has 1 unspecified atom stereocenters. The third-order valence-electron chi connectivity index (χ3n) is 3.87. The van der Waals surface area contributed by atoms with Crippen molar-refractivity contribution in [1.82, 2.24) is 5.32 Å². The first-order valence-corrected chi connectivity index (χ1v) is 7.86. The van der Waals surface area contributed by atoms with E-state index in [2.05, 4.69) is 84.6 Å². The predicted octanol–water partition coefficient (Wildman–Crippen LogP) is 4.44. The number of nitrogens with one attached hydrogen (secondary N) is 1. The average molecular weight is 332 g/mol. The molecule has 106 valence electrons. The highest BCUT2D eigenvalue weighted by Gasteiger charge is 2.11. The molecule has 2 heteroatoms. The van der Waals surface area contributed by atoms with Crippen LogP contribution in [0.3, 0.4) is 0 Å². The van der Waals surface area contributed by atoms with Crippen LogP contribution in [0.4, 0.5) is 0 Å². The highest BCUT2D eigenvalue weighted by atomic mass is 79.9. The largest absolute Gasteiger partial charge is 0.316 e. The van der Waals surface area contributed by atoms with E-state index in [0.717, 1.165) is 17.3 Å². The van der Waals surface area contributed by atoms with Gasteiger partial charge in [0.15, 0.2) is 0 Å².